The molecule has 0 aliphatic heterocycles. The number of esters is 1. The van der Waals surface area contributed by atoms with E-state index in [-0.39, 0.29) is 22.4 Å². The van der Waals surface area contributed by atoms with Crippen LogP contribution in [0.2, 0.25) is 0 Å². The summed E-state index contributed by atoms with van der Waals surface area (Å²) in [6.07, 6.45) is 4.48. The Kier molecular flexibility index (Phi) is 3.11. The number of ether oxygens (including phenoxy) is 1. The molecule has 4 aliphatic carbocycles. The van der Waals surface area contributed by atoms with Crippen molar-refractivity contribution in [3.05, 3.63) is 70.2 Å². The Morgan fingerprint density at radius 3 is 2.28 bits per heavy atom. The minimum Gasteiger partial charge on any atom is -0.455 e. The molecule has 0 spiro atoms. The number of rotatable bonds is 4. The van der Waals surface area contributed by atoms with Crippen LogP contribution in [0.4, 0.5) is 0 Å². The zero-order valence-corrected chi connectivity index (χ0v) is 15.9. The van der Waals surface area contributed by atoms with Crippen molar-refractivity contribution >= 4 is 21.9 Å². The highest BCUT2D eigenvalue weighted by molar-refractivity contribution is 9.10. The zero-order valence-electron chi connectivity index (χ0n) is 14.3. The summed E-state index contributed by atoms with van der Waals surface area (Å²) < 4.78 is 7.15. The summed E-state index contributed by atoms with van der Waals surface area (Å²) in [5, 5.41) is 0. The second-order valence-electron chi connectivity index (χ2n) is 8.17. The van der Waals surface area contributed by atoms with Crippen molar-refractivity contribution in [3.63, 3.8) is 0 Å². The van der Waals surface area contributed by atoms with Crippen LogP contribution in [0.15, 0.2) is 59.1 Å². The smallest absolute Gasteiger partial charge is 0.338 e. The minimum atomic E-state index is -0.270. The van der Waals surface area contributed by atoms with Gasteiger partial charge in [0.25, 0.3) is 0 Å². The molecule has 6 rings (SSSR count). The normalized spacial score (nSPS) is 35.4. The van der Waals surface area contributed by atoms with Crippen LogP contribution in [-0.2, 0) is 10.2 Å². The van der Waals surface area contributed by atoms with Crippen molar-refractivity contribution in [2.45, 2.75) is 43.6 Å². The molecule has 0 N–H and O–H groups in total. The lowest BCUT2D eigenvalue weighted by Crippen LogP contribution is -2.85. The monoisotopic (exact) mass is 396 g/mol. The summed E-state index contributed by atoms with van der Waals surface area (Å²) in [4.78, 5) is 12.7. The molecular weight excluding hydrogens is 376 g/mol. The lowest BCUT2D eigenvalue weighted by atomic mass is 9.24. The van der Waals surface area contributed by atoms with Gasteiger partial charge < -0.3 is 4.74 Å². The van der Waals surface area contributed by atoms with Gasteiger partial charge in [-0.25, -0.2) is 4.79 Å². The maximum absolute atomic E-state index is 12.7. The van der Waals surface area contributed by atoms with Gasteiger partial charge in [-0.2, -0.15) is 0 Å². The molecule has 2 aromatic carbocycles. The molecule has 128 valence electrons. The van der Waals surface area contributed by atoms with Gasteiger partial charge in [0, 0.05) is 15.3 Å². The topological polar surface area (TPSA) is 26.3 Å². The summed E-state index contributed by atoms with van der Waals surface area (Å²) >= 11 is 3.41. The van der Waals surface area contributed by atoms with Gasteiger partial charge in [0.05, 0.1) is 5.56 Å². The average molecular weight is 397 g/mol. The highest BCUT2D eigenvalue weighted by atomic mass is 79.9. The summed E-state index contributed by atoms with van der Waals surface area (Å²) in [6.45, 7) is 2.36. The van der Waals surface area contributed by atoms with Gasteiger partial charge in [0.2, 0.25) is 0 Å². The molecule has 25 heavy (non-hydrogen) atoms. The number of halogens is 1. The van der Waals surface area contributed by atoms with Crippen molar-refractivity contribution in [1.82, 2.24) is 0 Å². The van der Waals surface area contributed by atoms with E-state index in [1.54, 1.807) is 0 Å². The highest BCUT2D eigenvalue weighted by Gasteiger charge is 2.87. The first-order valence-electron chi connectivity index (χ1n) is 9.05. The molecule has 2 aromatic rings. The van der Waals surface area contributed by atoms with Crippen LogP contribution in [0.25, 0.3) is 0 Å². The molecule has 3 heteroatoms. The first kappa shape index (κ1) is 15.6. The lowest BCUT2D eigenvalue weighted by Gasteiger charge is -2.81. The number of hydrogen-bond donors (Lipinski definition) is 0. The molecule has 0 amide bonds. The van der Waals surface area contributed by atoms with Gasteiger partial charge in [0.1, 0.15) is 5.60 Å². The van der Waals surface area contributed by atoms with Gasteiger partial charge in [-0.3, -0.25) is 0 Å². The molecular formula is C22H21BrO2. The third kappa shape index (κ3) is 1.88. The molecule has 4 aliphatic rings. The fourth-order valence-corrected chi connectivity index (χ4v) is 5.83. The predicted molar refractivity (Wildman–Crippen MR) is 100 cm³/mol. The van der Waals surface area contributed by atoms with Crippen LogP contribution < -0.4 is 0 Å². The molecule has 4 saturated carbocycles. The van der Waals surface area contributed by atoms with E-state index in [2.05, 4.69) is 53.2 Å². The van der Waals surface area contributed by atoms with E-state index in [1.165, 1.54) is 18.4 Å². The van der Waals surface area contributed by atoms with Crippen LogP contribution in [0, 0.1) is 11.3 Å². The Morgan fingerprint density at radius 2 is 1.68 bits per heavy atom. The molecule has 2 bridgehead atoms. The SMILES string of the molecule is CC1(C2CC2)C2(OC(=O)c3ccc(Br)cc3)CC1(c1ccccc1)C2. The number of carbonyl (C=O) groups excluding carboxylic acids is 1. The first-order valence-corrected chi connectivity index (χ1v) is 9.85. The number of carbonyl (C=O) groups is 1. The van der Waals surface area contributed by atoms with Crippen molar-refractivity contribution in [3.8, 4) is 0 Å². The van der Waals surface area contributed by atoms with Gasteiger partial charge in [-0.15, -0.1) is 0 Å². The maximum atomic E-state index is 12.7. The Bertz CT molecular complexity index is 832. The minimum absolute atomic E-state index is 0.0897. The standard InChI is InChI=1S/C22H21BrO2/c1-20(16-9-10-16)21(17-5-3-2-4-6-17)13-22(20,14-21)25-19(24)15-7-11-18(23)12-8-15/h2-8,11-12,16H,9-10,13-14H2,1H3. The van der Waals surface area contributed by atoms with E-state index in [0.29, 0.717) is 11.5 Å². The molecule has 0 aromatic heterocycles. The Labute approximate surface area is 156 Å². The fraction of sp³-hybridized carbons (Fsp3) is 0.409. The van der Waals surface area contributed by atoms with Crippen LogP contribution in [0.1, 0.15) is 48.5 Å². The molecule has 0 saturated heterocycles. The van der Waals surface area contributed by atoms with E-state index in [0.717, 1.165) is 17.3 Å². The molecule has 2 nitrogen and oxygen atoms in total. The van der Waals surface area contributed by atoms with E-state index in [9.17, 15) is 4.79 Å². The zero-order chi connectivity index (χ0) is 17.3. The van der Waals surface area contributed by atoms with E-state index in [1.807, 2.05) is 24.3 Å². The maximum Gasteiger partial charge on any atom is 0.338 e. The van der Waals surface area contributed by atoms with Crippen LogP contribution in [0.3, 0.4) is 0 Å². The number of benzene rings is 2. The second-order valence-corrected chi connectivity index (χ2v) is 9.08. The summed E-state index contributed by atoms with van der Waals surface area (Å²) in [5.41, 5.74) is 2.08. The second kappa shape index (κ2) is 4.97. The van der Waals surface area contributed by atoms with Crippen molar-refractivity contribution in [2.24, 2.45) is 11.3 Å². The van der Waals surface area contributed by atoms with Crippen LogP contribution in [-0.4, -0.2) is 11.6 Å². The van der Waals surface area contributed by atoms with Gasteiger partial charge in [-0.05, 0) is 61.4 Å². The van der Waals surface area contributed by atoms with Gasteiger partial charge in [-0.1, -0.05) is 53.2 Å². The Hall–Kier alpha value is -1.61. The van der Waals surface area contributed by atoms with E-state index >= 15 is 0 Å². The fourth-order valence-electron chi connectivity index (χ4n) is 5.57. The number of hydrogen-bond acceptors (Lipinski definition) is 2. The Balaban J connectivity index is 1.44. The molecule has 0 heterocycles. The van der Waals surface area contributed by atoms with Crippen LogP contribution >= 0.6 is 15.9 Å². The van der Waals surface area contributed by atoms with Crippen molar-refractivity contribution < 1.29 is 9.53 Å². The van der Waals surface area contributed by atoms with Gasteiger partial charge in [0.15, 0.2) is 0 Å². The third-order valence-electron chi connectivity index (χ3n) is 7.20. The lowest BCUT2D eigenvalue weighted by molar-refractivity contribution is -0.341. The van der Waals surface area contributed by atoms with E-state index < -0.39 is 0 Å². The first-order chi connectivity index (χ1) is 12.0. The van der Waals surface area contributed by atoms with E-state index in [4.69, 9.17) is 4.74 Å². The summed E-state index contributed by atoms with van der Waals surface area (Å²) in [5.74, 6) is 0.508. The highest BCUT2D eigenvalue weighted by Crippen LogP contribution is 2.85. The summed E-state index contributed by atoms with van der Waals surface area (Å²) in [7, 11) is 0. The van der Waals surface area contributed by atoms with Crippen molar-refractivity contribution in [2.75, 3.05) is 0 Å². The molecule has 4 fully saturated rings. The Morgan fingerprint density at radius 1 is 1.04 bits per heavy atom. The van der Waals surface area contributed by atoms with Gasteiger partial charge >= 0.3 is 5.97 Å². The average Bonchev–Trinajstić information content (AvgIpc) is 3.43. The van der Waals surface area contributed by atoms with Crippen LogP contribution in [0.5, 0.6) is 0 Å². The molecule has 1 unspecified atom stereocenters. The summed E-state index contributed by atoms with van der Waals surface area (Å²) in [6, 6.07) is 18.3. The predicted octanol–water partition coefficient (Wildman–Crippen LogP) is 5.51. The largest absolute Gasteiger partial charge is 0.455 e. The third-order valence-corrected chi connectivity index (χ3v) is 7.73. The van der Waals surface area contributed by atoms with Crippen molar-refractivity contribution in [1.29, 1.82) is 0 Å². The quantitative estimate of drug-likeness (QED) is 0.637. The molecule has 0 radical (unpaired) electrons. The molecule has 1 atom stereocenters.